The molecule has 3 nitrogen and oxygen atoms in total. The fourth-order valence-electron chi connectivity index (χ4n) is 2.20. The molecule has 0 bridgehead atoms. The van der Waals surface area contributed by atoms with Crippen LogP contribution in [0.5, 0.6) is 0 Å². The molecule has 0 saturated carbocycles. The lowest BCUT2D eigenvalue weighted by molar-refractivity contribution is -0.138. The first-order chi connectivity index (χ1) is 10.5. The molecule has 0 aliphatic carbocycles. The lowest BCUT2D eigenvalue weighted by Crippen LogP contribution is -2.29. The number of carboxylic acids is 1. The van der Waals surface area contributed by atoms with E-state index >= 15 is 0 Å². The van der Waals surface area contributed by atoms with E-state index in [4.69, 9.17) is 5.11 Å². The first-order valence-corrected chi connectivity index (χ1v) is 8.17. The smallest absolute Gasteiger partial charge is 0.303 e. The molecule has 0 fully saturated rings. The Morgan fingerprint density at radius 2 is 1.73 bits per heavy atom. The van der Waals surface area contributed by atoms with Gasteiger partial charge in [0.15, 0.2) is 0 Å². The highest BCUT2D eigenvalue weighted by Crippen LogP contribution is 2.33. The molecule has 2 aromatic rings. The number of carbonyl (C=O) groups is 1. The number of aliphatic hydroxyl groups is 1. The van der Waals surface area contributed by atoms with Crippen molar-refractivity contribution in [3.63, 3.8) is 0 Å². The van der Waals surface area contributed by atoms with E-state index in [0.29, 0.717) is 5.75 Å². The summed E-state index contributed by atoms with van der Waals surface area (Å²) in [6.07, 6.45) is 0.144. The van der Waals surface area contributed by atoms with Crippen LogP contribution in [-0.4, -0.2) is 21.9 Å². The lowest BCUT2D eigenvalue weighted by Gasteiger charge is -2.28. The molecule has 0 aromatic heterocycles. The van der Waals surface area contributed by atoms with Crippen molar-refractivity contribution >= 4 is 17.7 Å². The summed E-state index contributed by atoms with van der Waals surface area (Å²) in [6, 6.07) is 17.4. The Bertz CT molecular complexity index is 610. The normalized spacial score (nSPS) is 13.5. The van der Waals surface area contributed by atoms with Crippen LogP contribution in [0.2, 0.25) is 0 Å². The standard InChI is InChI=1S/C18H20O3S/c1-14-7-9-16(10-8-14)22-13-18(21,12-11-17(19)20)15-5-3-2-4-6-15/h2-10,21H,11-13H2,1H3,(H,19,20). The quantitative estimate of drug-likeness (QED) is 0.762. The number of carboxylic acid groups (broad SMARTS) is 1. The Kier molecular flexibility index (Phi) is 5.63. The third-order valence-corrected chi connectivity index (χ3v) is 4.79. The van der Waals surface area contributed by atoms with Crippen molar-refractivity contribution in [1.82, 2.24) is 0 Å². The van der Waals surface area contributed by atoms with Crippen LogP contribution in [0.15, 0.2) is 59.5 Å². The largest absolute Gasteiger partial charge is 0.481 e. The van der Waals surface area contributed by atoms with Crippen LogP contribution in [0.25, 0.3) is 0 Å². The molecular weight excluding hydrogens is 296 g/mol. The summed E-state index contributed by atoms with van der Waals surface area (Å²) in [5.41, 5.74) is 0.805. The average Bonchev–Trinajstić information content (AvgIpc) is 2.53. The van der Waals surface area contributed by atoms with Gasteiger partial charge in [0.1, 0.15) is 0 Å². The second-order valence-corrected chi connectivity index (χ2v) is 6.44. The molecule has 1 unspecified atom stereocenters. The molecule has 2 aromatic carbocycles. The van der Waals surface area contributed by atoms with Gasteiger partial charge in [-0.05, 0) is 31.0 Å². The molecule has 0 spiro atoms. The zero-order valence-electron chi connectivity index (χ0n) is 12.5. The van der Waals surface area contributed by atoms with Gasteiger partial charge < -0.3 is 10.2 Å². The fraction of sp³-hybridized carbons (Fsp3) is 0.278. The van der Waals surface area contributed by atoms with Crippen LogP contribution >= 0.6 is 11.8 Å². The second-order valence-electron chi connectivity index (χ2n) is 5.39. The molecular formula is C18H20O3S. The van der Waals surface area contributed by atoms with Crippen molar-refractivity contribution < 1.29 is 15.0 Å². The SMILES string of the molecule is Cc1ccc(SCC(O)(CCC(=O)O)c2ccccc2)cc1. The van der Waals surface area contributed by atoms with E-state index < -0.39 is 11.6 Å². The van der Waals surface area contributed by atoms with Crippen LogP contribution in [0.4, 0.5) is 0 Å². The van der Waals surface area contributed by atoms with Gasteiger partial charge in [0.2, 0.25) is 0 Å². The Labute approximate surface area is 135 Å². The van der Waals surface area contributed by atoms with Crippen molar-refractivity contribution in [1.29, 1.82) is 0 Å². The zero-order chi connectivity index (χ0) is 16.0. The molecule has 0 saturated heterocycles. The first-order valence-electron chi connectivity index (χ1n) is 7.19. The Morgan fingerprint density at radius 3 is 2.32 bits per heavy atom. The van der Waals surface area contributed by atoms with E-state index in [-0.39, 0.29) is 12.8 Å². The van der Waals surface area contributed by atoms with Gasteiger partial charge in [-0.1, -0.05) is 48.0 Å². The molecule has 0 radical (unpaired) electrons. The van der Waals surface area contributed by atoms with Crippen LogP contribution in [-0.2, 0) is 10.4 Å². The van der Waals surface area contributed by atoms with Gasteiger partial charge in [-0.15, -0.1) is 11.8 Å². The number of hydrogen-bond acceptors (Lipinski definition) is 3. The highest BCUT2D eigenvalue weighted by atomic mass is 32.2. The van der Waals surface area contributed by atoms with Gasteiger partial charge in [-0.2, -0.15) is 0 Å². The minimum Gasteiger partial charge on any atom is -0.481 e. The van der Waals surface area contributed by atoms with E-state index in [1.165, 1.54) is 17.3 Å². The van der Waals surface area contributed by atoms with Gasteiger partial charge in [0.05, 0.1) is 5.60 Å². The van der Waals surface area contributed by atoms with Crippen LogP contribution < -0.4 is 0 Å². The molecule has 4 heteroatoms. The highest BCUT2D eigenvalue weighted by molar-refractivity contribution is 7.99. The summed E-state index contributed by atoms with van der Waals surface area (Å²) < 4.78 is 0. The molecule has 0 aliphatic rings. The van der Waals surface area contributed by atoms with Crippen LogP contribution in [0, 0.1) is 6.92 Å². The molecule has 2 N–H and O–H groups in total. The highest BCUT2D eigenvalue weighted by Gasteiger charge is 2.30. The van der Waals surface area contributed by atoms with Crippen molar-refractivity contribution in [3.8, 4) is 0 Å². The Hall–Kier alpha value is -1.78. The predicted octanol–water partition coefficient (Wildman–Crippen LogP) is 3.84. The number of rotatable bonds is 7. The van der Waals surface area contributed by atoms with Gasteiger partial charge in [-0.3, -0.25) is 4.79 Å². The van der Waals surface area contributed by atoms with Crippen LogP contribution in [0.1, 0.15) is 24.0 Å². The molecule has 116 valence electrons. The van der Waals surface area contributed by atoms with E-state index in [1.54, 1.807) is 0 Å². The monoisotopic (exact) mass is 316 g/mol. The third kappa shape index (κ3) is 4.61. The minimum atomic E-state index is -1.14. The van der Waals surface area contributed by atoms with Crippen molar-refractivity contribution in [2.45, 2.75) is 30.3 Å². The van der Waals surface area contributed by atoms with Crippen LogP contribution in [0.3, 0.4) is 0 Å². The fourth-order valence-corrected chi connectivity index (χ4v) is 3.24. The summed E-state index contributed by atoms with van der Waals surface area (Å²) >= 11 is 1.54. The van der Waals surface area contributed by atoms with E-state index in [9.17, 15) is 9.90 Å². The molecule has 2 rings (SSSR count). The molecule has 0 amide bonds. The predicted molar refractivity (Wildman–Crippen MR) is 89.1 cm³/mol. The average molecular weight is 316 g/mol. The topological polar surface area (TPSA) is 57.5 Å². The van der Waals surface area contributed by atoms with E-state index in [0.717, 1.165) is 10.5 Å². The van der Waals surface area contributed by atoms with Gasteiger partial charge in [0, 0.05) is 17.1 Å². The molecule has 22 heavy (non-hydrogen) atoms. The summed E-state index contributed by atoms with van der Waals surface area (Å²) in [5.74, 6) is -0.470. The van der Waals surface area contributed by atoms with Gasteiger partial charge in [-0.25, -0.2) is 0 Å². The summed E-state index contributed by atoms with van der Waals surface area (Å²) in [7, 11) is 0. The van der Waals surface area contributed by atoms with E-state index in [2.05, 4.69) is 0 Å². The maximum atomic E-state index is 11.0. The summed E-state index contributed by atoms with van der Waals surface area (Å²) in [6.45, 7) is 2.03. The number of aryl methyl sites for hydroxylation is 1. The van der Waals surface area contributed by atoms with Gasteiger partial charge in [0.25, 0.3) is 0 Å². The molecule has 1 atom stereocenters. The van der Waals surface area contributed by atoms with Crippen molar-refractivity contribution in [2.75, 3.05) is 5.75 Å². The maximum absolute atomic E-state index is 11.0. The summed E-state index contributed by atoms with van der Waals surface area (Å²) in [5, 5.41) is 19.9. The number of hydrogen-bond donors (Lipinski definition) is 2. The lowest BCUT2D eigenvalue weighted by atomic mass is 9.91. The molecule has 0 aliphatic heterocycles. The Morgan fingerprint density at radius 1 is 1.09 bits per heavy atom. The maximum Gasteiger partial charge on any atom is 0.303 e. The van der Waals surface area contributed by atoms with E-state index in [1.807, 2.05) is 61.5 Å². The first kappa shape index (κ1) is 16.6. The minimum absolute atomic E-state index is 0.0557. The second kappa shape index (κ2) is 7.47. The van der Waals surface area contributed by atoms with Gasteiger partial charge >= 0.3 is 5.97 Å². The Balaban J connectivity index is 2.13. The number of benzene rings is 2. The van der Waals surface area contributed by atoms with Crippen molar-refractivity contribution in [2.24, 2.45) is 0 Å². The third-order valence-electron chi connectivity index (χ3n) is 3.56. The summed E-state index contributed by atoms with van der Waals surface area (Å²) in [4.78, 5) is 11.9. The number of aliphatic carboxylic acids is 1. The number of thioether (sulfide) groups is 1. The zero-order valence-corrected chi connectivity index (χ0v) is 13.3. The van der Waals surface area contributed by atoms with Crippen molar-refractivity contribution in [3.05, 3.63) is 65.7 Å². The molecule has 0 heterocycles.